The molecule has 0 saturated carbocycles. The van der Waals surface area contributed by atoms with E-state index >= 15 is 0 Å². The van der Waals surface area contributed by atoms with E-state index in [0.717, 1.165) is 12.1 Å². The predicted octanol–water partition coefficient (Wildman–Crippen LogP) is -0.239. The van der Waals surface area contributed by atoms with Gasteiger partial charge < -0.3 is 42.3 Å². The number of hydrogen-bond donors (Lipinski definition) is 8. The van der Waals surface area contributed by atoms with Crippen molar-refractivity contribution in [3.8, 4) is 0 Å². The van der Waals surface area contributed by atoms with Crippen LogP contribution in [-0.4, -0.2) is 87.1 Å². The third-order valence-electron chi connectivity index (χ3n) is 6.57. The predicted molar refractivity (Wildman–Crippen MR) is 157 cm³/mol. The van der Waals surface area contributed by atoms with Crippen molar-refractivity contribution in [2.75, 3.05) is 0 Å². The number of carboxylic acids is 3. The second-order valence-corrected chi connectivity index (χ2v) is 11.3. The molecule has 45 heavy (non-hydrogen) atoms. The van der Waals surface area contributed by atoms with Crippen LogP contribution in [0.3, 0.4) is 0 Å². The fourth-order valence-electron chi connectivity index (χ4n) is 4.15. The van der Waals surface area contributed by atoms with Gasteiger partial charge in [0.05, 0.1) is 12.5 Å². The molecule has 5 atom stereocenters. The van der Waals surface area contributed by atoms with Gasteiger partial charge in [0.1, 0.15) is 30.0 Å². The normalized spacial score (nSPS) is 14.4. The zero-order valence-electron chi connectivity index (χ0n) is 25.5. The Bertz CT molecular complexity index is 1220. The number of amides is 4. The first-order chi connectivity index (χ1) is 20.9. The number of benzene rings is 1. The molecule has 0 aromatic heterocycles. The Balaban J connectivity index is 3.23. The number of hydrogen-bond acceptors (Lipinski definition) is 8. The number of aliphatic carboxylic acids is 3. The van der Waals surface area contributed by atoms with Crippen LogP contribution in [0.1, 0.15) is 58.9 Å². The number of nitrogens with two attached hydrogens (primary N) is 1. The maximum Gasteiger partial charge on any atom is 0.326 e. The van der Waals surface area contributed by atoms with Gasteiger partial charge in [0, 0.05) is 12.8 Å². The molecule has 0 bridgehead atoms. The molecule has 250 valence electrons. The van der Waals surface area contributed by atoms with Crippen molar-refractivity contribution in [3.63, 3.8) is 0 Å². The SMILES string of the molecule is CC(C)C[C@H](NC(=O)[C@@H](NC(=O)[C@@H](N)CCC(=O)O)C(C)C)C(=O)N[C@@H](Cc1ccc(F)cc1)C(=O)N[C@@H](CC(=O)O)C(=O)O. The van der Waals surface area contributed by atoms with E-state index in [0.29, 0.717) is 5.56 Å². The molecule has 16 heteroatoms. The molecule has 0 saturated heterocycles. The van der Waals surface area contributed by atoms with Crippen LogP contribution in [0.4, 0.5) is 4.39 Å². The van der Waals surface area contributed by atoms with Gasteiger partial charge in [-0.1, -0.05) is 39.8 Å². The molecule has 1 rings (SSSR count). The second-order valence-electron chi connectivity index (χ2n) is 11.3. The van der Waals surface area contributed by atoms with E-state index in [1.807, 2.05) is 0 Å². The summed E-state index contributed by atoms with van der Waals surface area (Å²) in [5, 5.41) is 36.9. The molecule has 0 heterocycles. The van der Waals surface area contributed by atoms with E-state index < -0.39 is 89.9 Å². The highest BCUT2D eigenvalue weighted by Gasteiger charge is 2.33. The molecule has 0 radical (unpaired) electrons. The van der Waals surface area contributed by atoms with Crippen molar-refractivity contribution < 1.29 is 53.3 Å². The number of carbonyl (C=O) groups excluding carboxylic acids is 4. The van der Waals surface area contributed by atoms with Gasteiger partial charge in [-0.2, -0.15) is 0 Å². The Labute approximate surface area is 259 Å². The average Bonchev–Trinajstić information content (AvgIpc) is 2.93. The summed E-state index contributed by atoms with van der Waals surface area (Å²) in [6, 6.07) is -1.96. The smallest absolute Gasteiger partial charge is 0.326 e. The molecule has 1 aromatic carbocycles. The van der Waals surface area contributed by atoms with Crippen molar-refractivity contribution in [3.05, 3.63) is 35.6 Å². The van der Waals surface area contributed by atoms with E-state index in [9.17, 15) is 43.1 Å². The van der Waals surface area contributed by atoms with Gasteiger partial charge in [-0.15, -0.1) is 0 Å². The monoisotopic (exact) mass is 639 g/mol. The van der Waals surface area contributed by atoms with Gasteiger partial charge in [-0.05, 0) is 42.4 Å². The number of nitrogens with one attached hydrogen (secondary N) is 4. The number of halogens is 1. The summed E-state index contributed by atoms with van der Waals surface area (Å²) in [6.45, 7) is 6.79. The molecule has 0 spiro atoms. The van der Waals surface area contributed by atoms with Crippen LogP contribution in [0.25, 0.3) is 0 Å². The Hall–Kier alpha value is -4.60. The molecule has 15 nitrogen and oxygen atoms in total. The Morgan fingerprint density at radius 2 is 1.27 bits per heavy atom. The fraction of sp³-hybridized carbons (Fsp3) is 0.552. The summed E-state index contributed by atoms with van der Waals surface area (Å²) in [5.41, 5.74) is 6.15. The molecule has 4 amide bonds. The standard InChI is InChI=1S/C29H42FN5O10/c1-14(2)11-19(33-28(43)24(15(3)4)35-25(40)18(31)9-10-22(36)37)26(41)32-20(12-16-5-7-17(30)8-6-16)27(42)34-21(29(44)45)13-23(38)39/h5-8,14-15,18-21,24H,9-13,31H2,1-4H3,(H,32,41)(H,33,43)(H,34,42)(H,35,40)(H,36,37)(H,38,39)(H,44,45)/t18-,19-,20-,21-,24-/m0/s1. The summed E-state index contributed by atoms with van der Waals surface area (Å²) in [5.74, 6) is -8.84. The molecule has 9 N–H and O–H groups in total. The van der Waals surface area contributed by atoms with Crippen LogP contribution < -0.4 is 27.0 Å². The van der Waals surface area contributed by atoms with Gasteiger partial charge in [0.15, 0.2) is 0 Å². The highest BCUT2D eigenvalue weighted by Crippen LogP contribution is 2.11. The lowest BCUT2D eigenvalue weighted by Crippen LogP contribution is -2.60. The van der Waals surface area contributed by atoms with Gasteiger partial charge in [-0.25, -0.2) is 9.18 Å². The largest absolute Gasteiger partial charge is 0.481 e. The van der Waals surface area contributed by atoms with Crippen LogP contribution in [0.15, 0.2) is 24.3 Å². The highest BCUT2D eigenvalue weighted by molar-refractivity contribution is 5.96. The van der Waals surface area contributed by atoms with E-state index in [2.05, 4.69) is 21.3 Å². The van der Waals surface area contributed by atoms with Crippen molar-refractivity contribution in [2.24, 2.45) is 17.6 Å². The topological polar surface area (TPSA) is 254 Å². The second kappa shape index (κ2) is 18.3. The number of carbonyl (C=O) groups is 7. The lowest BCUT2D eigenvalue weighted by atomic mass is 9.98. The van der Waals surface area contributed by atoms with Gasteiger partial charge in [0.2, 0.25) is 23.6 Å². The summed E-state index contributed by atoms with van der Waals surface area (Å²) in [4.78, 5) is 86.0. The zero-order chi connectivity index (χ0) is 34.4. The van der Waals surface area contributed by atoms with E-state index in [1.54, 1.807) is 27.7 Å². The summed E-state index contributed by atoms with van der Waals surface area (Å²) in [6.07, 6.45) is -1.63. The first-order valence-corrected chi connectivity index (χ1v) is 14.3. The summed E-state index contributed by atoms with van der Waals surface area (Å²) >= 11 is 0. The highest BCUT2D eigenvalue weighted by atomic mass is 19.1. The minimum absolute atomic E-state index is 0.0795. The fourth-order valence-corrected chi connectivity index (χ4v) is 4.15. The molecule has 0 aliphatic heterocycles. The average molecular weight is 640 g/mol. The molecule has 0 aliphatic rings. The lowest BCUT2D eigenvalue weighted by Gasteiger charge is -2.28. The zero-order valence-corrected chi connectivity index (χ0v) is 25.5. The Kier molecular flexibility index (Phi) is 15.6. The van der Waals surface area contributed by atoms with Crippen molar-refractivity contribution >= 4 is 41.5 Å². The van der Waals surface area contributed by atoms with E-state index in [-0.39, 0.29) is 31.6 Å². The van der Waals surface area contributed by atoms with E-state index in [1.165, 1.54) is 12.1 Å². The van der Waals surface area contributed by atoms with Crippen LogP contribution >= 0.6 is 0 Å². The van der Waals surface area contributed by atoms with Crippen molar-refractivity contribution in [1.82, 2.24) is 21.3 Å². The van der Waals surface area contributed by atoms with Gasteiger partial charge in [0.25, 0.3) is 0 Å². The summed E-state index contributed by atoms with van der Waals surface area (Å²) in [7, 11) is 0. The third-order valence-corrected chi connectivity index (χ3v) is 6.57. The maximum atomic E-state index is 13.5. The van der Waals surface area contributed by atoms with Crippen molar-refractivity contribution in [2.45, 2.75) is 90.0 Å². The first kappa shape index (κ1) is 38.4. The number of carboxylic acid groups (broad SMARTS) is 3. The minimum atomic E-state index is -1.81. The van der Waals surface area contributed by atoms with Gasteiger partial charge >= 0.3 is 17.9 Å². The molecule has 1 aromatic rings. The molecule has 0 unspecified atom stereocenters. The molecular formula is C29H42FN5O10. The summed E-state index contributed by atoms with van der Waals surface area (Å²) < 4.78 is 13.5. The van der Waals surface area contributed by atoms with Gasteiger partial charge in [-0.3, -0.25) is 28.8 Å². The Morgan fingerprint density at radius 1 is 0.733 bits per heavy atom. The molecular weight excluding hydrogens is 597 g/mol. The van der Waals surface area contributed by atoms with Crippen LogP contribution in [0.2, 0.25) is 0 Å². The quantitative estimate of drug-likeness (QED) is 0.0980. The molecule has 0 fully saturated rings. The lowest BCUT2D eigenvalue weighted by molar-refractivity contribution is -0.147. The maximum absolute atomic E-state index is 13.5. The van der Waals surface area contributed by atoms with Crippen molar-refractivity contribution in [1.29, 1.82) is 0 Å². The Morgan fingerprint density at radius 3 is 1.76 bits per heavy atom. The van der Waals surface area contributed by atoms with E-state index in [4.69, 9.17) is 15.9 Å². The van der Waals surface area contributed by atoms with Crippen LogP contribution in [-0.2, 0) is 40.0 Å². The van der Waals surface area contributed by atoms with Crippen LogP contribution in [0.5, 0.6) is 0 Å². The molecule has 0 aliphatic carbocycles. The van der Waals surface area contributed by atoms with Crippen LogP contribution in [0, 0.1) is 17.7 Å². The third kappa shape index (κ3) is 14.2. The first-order valence-electron chi connectivity index (χ1n) is 14.3. The minimum Gasteiger partial charge on any atom is -0.481 e. The number of rotatable bonds is 19.